The number of aromatic nitrogens is 1. The van der Waals surface area contributed by atoms with Gasteiger partial charge in [0.1, 0.15) is 5.75 Å². The lowest BCUT2D eigenvalue weighted by Gasteiger charge is -2.37. The van der Waals surface area contributed by atoms with E-state index in [0.717, 1.165) is 52.2 Å². The molecule has 1 aromatic heterocycles. The Morgan fingerprint density at radius 3 is 1.63 bits per heavy atom. The van der Waals surface area contributed by atoms with Crippen LogP contribution in [0.4, 0.5) is 0 Å². The summed E-state index contributed by atoms with van der Waals surface area (Å²) in [5.74, 6) is 0.768. The summed E-state index contributed by atoms with van der Waals surface area (Å²) in [6.45, 7) is 8.67. The normalized spacial score (nSPS) is 21.9. The van der Waals surface area contributed by atoms with E-state index in [9.17, 15) is 10.4 Å². The summed E-state index contributed by atoms with van der Waals surface area (Å²) < 4.78 is 5.33. The Kier molecular flexibility index (Phi) is 4.83. The van der Waals surface area contributed by atoms with Crippen LogP contribution < -0.4 is 4.74 Å². The van der Waals surface area contributed by atoms with Crippen molar-refractivity contribution in [3.63, 3.8) is 0 Å². The van der Waals surface area contributed by atoms with E-state index in [1.807, 2.05) is 24.3 Å². The van der Waals surface area contributed by atoms with E-state index < -0.39 is 0 Å². The molecule has 1 aromatic carbocycles. The van der Waals surface area contributed by atoms with E-state index in [1.165, 1.54) is 0 Å². The number of fused-ring (bicyclic) bond motifs is 2. The summed E-state index contributed by atoms with van der Waals surface area (Å²) in [6.07, 6.45) is 2.89. The summed E-state index contributed by atoms with van der Waals surface area (Å²) in [4.78, 5) is 5.05. The van der Waals surface area contributed by atoms with Crippen molar-refractivity contribution in [1.29, 1.82) is 0 Å². The quantitative estimate of drug-likeness (QED) is 0.538. The van der Waals surface area contributed by atoms with Crippen molar-refractivity contribution >= 4 is 11.4 Å². The van der Waals surface area contributed by atoms with Crippen LogP contribution >= 0.6 is 0 Å². The second-order valence-corrected chi connectivity index (χ2v) is 9.99. The predicted molar refractivity (Wildman–Crippen MR) is 117 cm³/mol. The topological polar surface area (TPSA) is 87.3 Å². The number of methoxy groups -OCH3 is 1. The van der Waals surface area contributed by atoms with Gasteiger partial charge in [0.25, 0.3) is 0 Å². The van der Waals surface area contributed by atoms with Crippen LogP contribution in [0, 0.1) is 10.8 Å². The zero-order valence-electron chi connectivity index (χ0n) is 18.3. The molecule has 158 valence electrons. The number of ether oxygens (including phenoxy) is 1. The lowest BCUT2D eigenvalue weighted by molar-refractivity contribution is 0.303. The van der Waals surface area contributed by atoms with Crippen LogP contribution in [-0.4, -0.2) is 33.9 Å². The average molecular weight is 408 g/mol. The minimum absolute atomic E-state index is 0.0505. The largest absolute Gasteiger partial charge is 0.497 e. The monoisotopic (exact) mass is 407 g/mol. The van der Waals surface area contributed by atoms with Gasteiger partial charge in [-0.25, -0.2) is 0 Å². The van der Waals surface area contributed by atoms with Gasteiger partial charge in [0.15, 0.2) is 0 Å². The van der Waals surface area contributed by atoms with Crippen LogP contribution in [0.3, 0.4) is 0 Å². The molecular weight excluding hydrogens is 378 g/mol. The van der Waals surface area contributed by atoms with E-state index in [1.54, 1.807) is 7.11 Å². The molecule has 0 aliphatic heterocycles. The van der Waals surface area contributed by atoms with Gasteiger partial charge in [-0.3, -0.25) is 4.98 Å². The number of pyridine rings is 1. The van der Waals surface area contributed by atoms with Crippen LogP contribution in [0.15, 0.2) is 34.6 Å². The van der Waals surface area contributed by atoms with Crippen molar-refractivity contribution in [2.75, 3.05) is 7.11 Å². The van der Waals surface area contributed by atoms with Gasteiger partial charge in [0.2, 0.25) is 0 Å². The van der Waals surface area contributed by atoms with Crippen molar-refractivity contribution in [3.8, 4) is 16.9 Å². The van der Waals surface area contributed by atoms with Crippen LogP contribution in [0.5, 0.6) is 5.75 Å². The van der Waals surface area contributed by atoms with Crippen molar-refractivity contribution in [2.24, 2.45) is 21.1 Å². The molecule has 0 atom stereocenters. The molecule has 0 radical (unpaired) electrons. The van der Waals surface area contributed by atoms with Crippen LogP contribution in [0.2, 0.25) is 0 Å². The number of nitrogens with zero attached hydrogens (tertiary/aromatic N) is 3. The van der Waals surface area contributed by atoms with Crippen molar-refractivity contribution in [3.05, 3.63) is 46.8 Å². The molecule has 4 rings (SSSR count). The van der Waals surface area contributed by atoms with E-state index in [2.05, 4.69) is 38.0 Å². The molecular formula is C24H29N3O3. The molecule has 30 heavy (non-hydrogen) atoms. The fourth-order valence-corrected chi connectivity index (χ4v) is 4.90. The predicted octanol–water partition coefficient (Wildman–Crippen LogP) is 5.06. The van der Waals surface area contributed by atoms with Gasteiger partial charge in [0.05, 0.1) is 29.9 Å². The first-order chi connectivity index (χ1) is 14.2. The zero-order chi connectivity index (χ0) is 21.7. The Morgan fingerprint density at radius 2 is 1.23 bits per heavy atom. The van der Waals surface area contributed by atoms with E-state index >= 15 is 0 Å². The number of hydrogen-bond donors (Lipinski definition) is 2. The molecule has 0 saturated carbocycles. The standard InChI is InChI=1S/C24H29N3O3/c1-23(2)10-16-21(18(12-23)26-28)20(14-6-8-15(30-5)9-7-14)22-17(25-16)11-24(3,4)13-19(22)27-29/h6-9,28-29H,10-13H2,1-5H3. The third-order valence-electron chi connectivity index (χ3n) is 6.13. The number of hydrogen-bond acceptors (Lipinski definition) is 6. The van der Waals surface area contributed by atoms with Crippen LogP contribution in [0.1, 0.15) is 63.1 Å². The highest BCUT2D eigenvalue weighted by molar-refractivity contribution is 6.15. The van der Waals surface area contributed by atoms with E-state index in [4.69, 9.17) is 9.72 Å². The summed E-state index contributed by atoms with van der Waals surface area (Å²) in [6, 6.07) is 7.83. The molecule has 0 amide bonds. The first kappa shape index (κ1) is 20.4. The molecule has 0 unspecified atom stereocenters. The summed E-state index contributed by atoms with van der Waals surface area (Å²) in [5, 5.41) is 27.2. The van der Waals surface area contributed by atoms with E-state index in [-0.39, 0.29) is 10.8 Å². The first-order valence-corrected chi connectivity index (χ1v) is 10.3. The lowest BCUT2D eigenvalue weighted by Crippen LogP contribution is -2.34. The van der Waals surface area contributed by atoms with Gasteiger partial charge in [0, 0.05) is 16.7 Å². The van der Waals surface area contributed by atoms with Gasteiger partial charge in [-0.15, -0.1) is 0 Å². The zero-order valence-corrected chi connectivity index (χ0v) is 18.3. The second kappa shape index (κ2) is 7.11. The summed E-state index contributed by atoms with van der Waals surface area (Å²) in [5.41, 5.74) is 6.67. The molecule has 0 bridgehead atoms. The van der Waals surface area contributed by atoms with Crippen molar-refractivity contribution < 1.29 is 15.2 Å². The molecule has 1 heterocycles. The highest BCUT2D eigenvalue weighted by Crippen LogP contribution is 2.45. The number of rotatable bonds is 2. The lowest BCUT2D eigenvalue weighted by atomic mass is 9.69. The maximum Gasteiger partial charge on any atom is 0.118 e. The Balaban J connectivity index is 2.08. The maximum absolute atomic E-state index is 9.89. The minimum atomic E-state index is -0.0505. The molecule has 2 aliphatic rings. The molecule has 0 saturated heterocycles. The summed E-state index contributed by atoms with van der Waals surface area (Å²) in [7, 11) is 1.64. The molecule has 0 spiro atoms. The van der Waals surface area contributed by atoms with E-state index in [0.29, 0.717) is 24.3 Å². The average Bonchev–Trinajstić information content (AvgIpc) is 2.69. The first-order valence-electron chi connectivity index (χ1n) is 10.3. The summed E-state index contributed by atoms with van der Waals surface area (Å²) >= 11 is 0. The molecule has 2 N–H and O–H groups in total. The SMILES string of the molecule is COc1ccc(-c2c3c(nc4c2C(=NO)CC(C)(C)C4)CC(C)(C)CC3=NO)cc1. The van der Waals surface area contributed by atoms with Crippen LogP contribution in [-0.2, 0) is 12.8 Å². The second-order valence-electron chi connectivity index (χ2n) is 9.99. The van der Waals surface area contributed by atoms with Gasteiger partial charge in [-0.1, -0.05) is 50.1 Å². The number of oxime groups is 2. The molecule has 2 aliphatic carbocycles. The Bertz CT molecular complexity index is 992. The molecule has 0 fully saturated rings. The third kappa shape index (κ3) is 3.44. The van der Waals surface area contributed by atoms with Gasteiger partial charge in [-0.05, 0) is 54.2 Å². The van der Waals surface area contributed by atoms with Crippen molar-refractivity contribution in [2.45, 2.75) is 53.4 Å². The highest BCUT2D eigenvalue weighted by Gasteiger charge is 2.39. The maximum atomic E-state index is 9.89. The van der Waals surface area contributed by atoms with Crippen molar-refractivity contribution in [1.82, 2.24) is 4.98 Å². The minimum Gasteiger partial charge on any atom is -0.497 e. The fourth-order valence-electron chi connectivity index (χ4n) is 4.90. The number of benzene rings is 1. The molecule has 6 nitrogen and oxygen atoms in total. The van der Waals surface area contributed by atoms with Gasteiger partial charge in [-0.2, -0.15) is 0 Å². The molecule has 2 aromatic rings. The third-order valence-corrected chi connectivity index (χ3v) is 6.13. The smallest absolute Gasteiger partial charge is 0.118 e. The van der Waals surface area contributed by atoms with Gasteiger partial charge >= 0.3 is 0 Å². The fraction of sp³-hybridized carbons (Fsp3) is 0.458. The van der Waals surface area contributed by atoms with Gasteiger partial charge < -0.3 is 15.2 Å². The van der Waals surface area contributed by atoms with Crippen LogP contribution in [0.25, 0.3) is 11.1 Å². The Labute approximate surface area is 177 Å². The molecule has 6 heteroatoms. The highest BCUT2D eigenvalue weighted by atomic mass is 16.5. The Morgan fingerprint density at radius 1 is 0.767 bits per heavy atom. The Hall–Kier alpha value is -2.89.